The Morgan fingerprint density at radius 1 is 1.11 bits per heavy atom. The number of rotatable bonds is 2. The van der Waals surface area contributed by atoms with E-state index in [9.17, 15) is 4.79 Å². The molecule has 0 aliphatic heterocycles. The fraction of sp³-hybridized carbons (Fsp3) is 0.0714. The van der Waals surface area contributed by atoms with Crippen LogP contribution in [-0.2, 0) is 0 Å². The minimum absolute atomic E-state index is 0.168. The molecule has 0 aliphatic carbocycles. The van der Waals surface area contributed by atoms with Gasteiger partial charge in [-0.3, -0.25) is 4.79 Å². The Morgan fingerprint density at radius 2 is 1.79 bits per heavy atom. The minimum Gasteiger partial charge on any atom is -0.321 e. The van der Waals surface area contributed by atoms with Gasteiger partial charge in [0.1, 0.15) is 0 Å². The van der Waals surface area contributed by atoms with Gasteiger partial charge in [-0.1, -0.05) is 27.5 Å². The Hall–Kier alpha value is -0.840. The molecule has 0 heterocycles. The highest BCUT2D eigenvalue weighted by Gasteiger charge is 2.09. The molecule has 2 nitrogen and oxygen atoms in total. The smallest absolute Gasteiger partial charge is 0.255 e. The van der Waals surface area contributed by atoms with Crippen molar-refractivity contribution in [1.29, 1.82) is 0 Å². The van der Waals surface area contributed by atoms with Gasteiger partial charge in [0.05, 0.1) is 5.69 Å². The summed E-state index contributed by atoms with van der Waals surface area (Å²) in [7, 11) is 0. The molecule has 2 rings (SSSR count). The van der Waals surface area contributed by atoms with Crippen molar-refractivity contribution >= 4 is 55.1 Å². The molecule has 0 saturated carbocycles. The summed E-state index contributed by atoms with van der Waals surface area (Å²) in [5.41, 5.74) is 2.27. The number of amides is 1. The van der Waals surface area contributed by atoms with Crippen LogP contribution < -0.4 is 5.32 Å². The van der Waals surface area contributed by atoms with E-state index in [0.717, 1.165) is 14.5 Å². The molecule has 5 heteroatoms. The summed E-state index contributed by atoms with van der Waals surface area (Å²) in [5.74, 6) is -0.168. The first-order chi connectivity index (χ1) is 8.97. The summed E-state index contributed by atoms with van der Waals surface area (Å²) < 4.78 is 1.77. The average molecular weight is 404 g/mol. The normalized spacial score (nSPS) is 10.3. The highest BCUT2D eigenvalue weighted by atomic mass is 79.9. The van der Waals surface area contributed by atoms with E-state index in [0.29, 0.717) is 16.3 Å². The third kappa shape index (κ3) is 3.59. The number of carbonyl (C=O) groups excluding carboxylic acids is 1. The first-order valence-corrected chi connectivity index (χ1v) is 7.46. The van der Waals surface area contributed by atoms with Gasteiger partial charge in [-0.15, -0.1) is 0 Å². The van der Waals surface area contributed by atoms with Crippen molar-refractivity contribution in [3.05, 3.63) is 61.5 Å². The van der Waals surface area contributed by atoms with Gasteiger partial charge in [0, 0.05) is 19.5 Å². The molecule has 2 aromatic carbocycles. The zero-order valence-electron chi connectivity index (χ0n) is 10.0. The first kappa shape index (κ1) is 14.6. The molecule has 0 unspecified atom stereocenters. The van der Waals surface area contributed by atoms with Crippen LogP contribution in [0.5, 0.6) is 0 Å². The maximum Gasteiger partial charge on any atom is 0.255 e. The molecule has 0 aromatic heterocycles. The van der Waals surface area contributed by atoms with Crippen LogP contribution in [0.1, 0.15) is 15.9 Å². The fourth-order valence-corrected chi connectivity index (χ4v) is 2.34. The van der Waals surface area contributed by atoms with Gasteiger partial charge in [-0.2, -0.15) is 0 Å². The molecule has 0 saturated heterocycles. The van der Waals surface area contributed by atoms with E-state index in [1.54, 1.807) is 24.3 Å². The van der Waals surface area contributed by atoms with Crippen LogP contribution >= 0.6 is 43.5 Å². The summed E-state index contributed by atoms with van der Waals surface area (Å²) in [4.78, 5) is 12.2. The van der Waals surface area contributed by atoms with E-state index in [2.05, 4.69) is 37.2 Å². The summed E-state index contributed by atoms with van der Waals surface area (Å²) in [6.07, 6.45) is 0. The van der Waals surface area contributed by atoms with Crippen molar-refractivity contribution < 1.29 is 4.79 Å². The van der Waals surface area contributed by atoms with Crippen LogP contribution in [0, 0.1) is 6.92 Å². The van der Waals surface area contributed by atoms with Crippen molar-refractivity contribution in [3.63, 3.8) is 0 Å². The highest BCUT2D eigenvalue weighted by Crippen LogP contribution is 2.26. The summed E-state index contributed by atoms with van der Waals surface area (Å²) in [5, 5.41) is 3.40. The number of halogens is 3. The maximum atomic E-state index is 12.2. The molecule has 98 valence electrons. The molecule has 2 aromatic rings. The maximum absolute atomic E-state index is 12.2. The molecule has 1 N–H and O–H groups in total. The Morgan fingerprint density at radius 3 is 2.47 bits per heavy atom. The fourth-order valence-electron chi connectivity index (χ4n) is 1.57. The van der Waals surface area contributed by atoms with Gasteiger partial charge >= 0.3 is 0 Å². The molecular weight excluding hydrogens is 393 g/mol. The van der Waals surface area contributed by atoms with Gasteiger partial charge in [0.2, 0.25) is 0 Å². The van der Waals surface area contributed by atoms with Crippen LogP contribution in [0.25, 0.3) is 0 Å². The Labute approximate surface area is 133 Å². The second-order valence-electron chi connectivity index (χ2n) is 4.04. The van der Waals surface area contributed by atoms with Gasteiger partial charge in [-0.05, 0) is 64.8 Å². The quantitative estimate of drug-likeness (QED) is 0.712. The van der Waals surface area contributed by atoms with E-state index < -0.39 is 0 Å². The topological polar surface area (TPSA) is 29.1 Å². The molecule has 0 radical (unpaired) electrons. The zero-order chi connectivity index (χ0) is 14.0. The first-order valence-electron chi connectivity index (χ1n) is 5.50. The summed E-state index contributed by atoms with van der Waals surface area (Å²) in [6, 6.07) is 10.7. The third-order valence-electron chi connectivity index (χ3n) is 2.60. The van der Waals surface area contributed by atoms with E-state index in [4.69, 9.17) is 11.6 Å². The average Bonchev–Trinajstić information content (AvgIpc) is 2.37. The lowest BCUT2D eigenvalue weighted by atomic mass is 10.1. The van der Waals surface area contributed by atoms with Crippen LogP contribution in [0.4, 0.5) is 5.69 Å². The van der Waals surface area contributed by atoms with Crippen molar-refractivity contribution in [2.24, 2.45) is 0 Å². The lowest BCUT2D eigenvalue weighted by Gasteiger charge is -2.09. The largest absolute Gasteiger partial charge is 0.321 e. The second kappa shape index (κ2) is 6.07. The minimum atomic E-state index is -0.168. The molecular formula is C14H10Br2ClNO. The van der Waals surface area contributed by atoms with Crippen LogP contribution in [0.3, 0.4) is 0 Å². The second-order valence-corrected chi connectivity index (χ2v) is 6.19. The zero-order valence-corrected chi connectivity index (χ0v) is 13.9. The third-order valence-corrected chi connectivity index (χ3v) is 4.41. The van der Waals surface area contributed by atoms with Crippen LogP contribution in [0.15, 0.2) is 45.3 Å². The van der Waals surface area contributed by atoms with Crippen LogP contribution in [-0.4, -0.2) is 5.91 Å². The molecule has 0 bridgehead atoms. The van der Waals surface area contributed by atoms with Gasteiger partial charge in [0.15, 0.2) is 0 Å². The van der Waals surface area contributed by atoms with Crippen molar-refractivity contribution in [1.82, 2.24) is 0 Å². The lowest BCUT2D eigenvalue weighted by Crippen LogP contribution is -2.12. The summed E-state index contributed by atoms with van der Waals surface area (Å²) in [6.45, 7) is 1.94. The molecule has 0 spiro atoms. The predicted molar refractivity (Wildman–Crippen MR) is 86.0 cm³/mol. The standard InChI is InChI=1S/C14H10Br2ClNO/c1-8-6-9(2-4-11(8)15)14(19)18-13-7-10(17)3-5-12(13)16/h2-7H,1H3,(H,18,19). The van der Waals surface area contributed by atoms with Gasteiger partial charge in [-0.25, -0.2) is 0 Å². The molecule has 1 amide bonds. The number of aryl methyl sites for hydroxylation is 1. The predicted octanol–water partition coefficient (Wildman–Crippen LogP) is 5.43. The Balaban J connectivity index is 2.25. The van der Waals surface area contributed by atoms with Gasteiger partial charge < -0.3 is 5.32 Å². The SMILES string of the molecule is Cc1cc(C(=O)Nc2cc(Cl)ccc2Br)ccc1Br. The number of hydrogen-bond donors (Lipinski definition) is 1. The molecule has 0 atom stereocenters. The van der Waals surface area contributed by atoms with Crippen molar-refractivity contribution in [3.8, 4) is 0 Å². The number of nitrogens with one attached hydrogen (secondary N) is 1. The van der Waals surface area contributed by atoms with E-state index in [-0.39, 0.29) is 5.91 Å². The molecule has 19 heavy (non-hydrogen) atoms. The number of benzene rings is 2. The van der Waals surface area contributed by atoms with Crippen molar-refractivity contribution in [2.75, 3.05) is 5.32 Å². The monoisotopic (exact) mass is 401 g/mol. The van der Waals surface area contributed by atoms with Crippen LogP contribution in [0.2, 0.25) is 5.02 Å². The molecule has 0 fully saturated rings. The lowest BCUT2D eigenvalue weighted by molar-refractivity contribution is 0.102. The molecule has 0 aliphatic rings. The van der Waals surface area contributed by atoms with Crippen molar-refractivity contribution in [2.45, 2.75) is 6.92 Å². The Bertz CT molecular complexity index is 643. The van der Waals surface area contributed by atoms with E-state index >= 15 is 0 Å². The highest BCUT2D eigenvalue weighted by molar-refractivity contribution is 9.10. The number of anilines is 1. The summed E-state index contributed by atoms with van der Waals surface area (Å²) >= 11 is 12.7. The van der Waals surface area contributed by atoms with E-state index in [1.165, 1.54) is 0 Å². The number of carbonyl (C=O) groups is 1. The van der Waals surface area contributed by atoms with Gasteiger partial charge in [0.25, 0.3) is 5.91 Å². The Kier molecular flexibility index (Phi) is 4.66. The van der Waals surface area contributed by atoms with E-state index in [1.807, 2.05) is 19.1 Å². The number of hydrogen-bond acceptors (Lipinski definition) is 1.